The molecule has 7 aromatic rings. The molecule has 0 N–H and O–H groups in total. The van der Waals surface area contributed by atoms with E-state index in [0.29, 0.717) is 45.1 Å². The molecule has 4 nitrogen and oxygen atoms in total. The molecule has 2 aromatic heterocycles. The van der Waals surface area contributed by atoms with E-state index in [1.165, 1.54) is 24.5 Å². The largest absolute Gasteiger partial charge is 0.503 e. The van der Waals surface area contributed by atoms with Gasteiger partial charge in [0.15, 0.2) is 0 Å². The number of aryl methyl sites for hydroxylation is 3. The van der Waals surface area contributed by atoms with E-state index in [1.54, 1.807) is 38.1 Å². The monoisotopic (exact) mass is 863 g/mol. The fraction of sp³-hybridized carbons (Fsp3) is 0.130. The molecular weight excluding hydrogens is 816 g/mol. The second kappa shape index (κ2) is 14.8. The van der Waals surface area contributed by atoms with Gasteiger partial charge < -0.3 is 19.4 Å². The SMILES string of the molecule is [2H]C([2H])([2H])c1c[c-]c(-c2cc(-c3ccccc3)c(C([2H])([2H])[2H])cn2)cc1.[2H]C([2H])([2H])c1cnc(-c2[c-]cc3c4c2Oc2ccccc2B4c2ccccc2O3)cc1C([2H])(C)C.[Ir]. The minimum absolute atomic E-state index is 0. The summed E-state index contributed by atoms with van der Waals surface area (Å²) in [6.45, 7) is -3.58. The van der Waals surface area contributed by atoms with E-state index >= 15 is 0 Å². The molecule has 0 unspecified atom stereocenters. The number of aromatic nitrogens is 2. The molecule has 0 aliphatic carbocycles. The van der Waals surface area contributed by atoms with E-state index in [-0.39, 0.29) is 43.5 Å². The van der Waals surface area contributed by atoms with Crippen molar-refractivity contribution < 1.29 is 43.3 Å². The normalized spacial score (nSPS) is 15.6. The molecule has 0 spiro atoms. The van der Waals surface area contributed by atoms with Gasteiger partial charge in [0.2, 0.25) is 6.71 Å². The summed E-state index contributed by atoms with van der Waals surface area (Å²) in [5.74, 6) is 1.66. The Labute approximate surface area is 334 Å². The maximum Gasteiger partial charge on any atom is 0.239 e. The zero-order chi connectivity index (χ0) is 43.5. The first kappa shape index (κ1) is 24.8. The number of fused-ring (bicyclic) bond motifs is 4. The van der Waals surface area contributed by atoms with Crippen LogP contribution in [0.15, 0.2) is 128 Å². The molecule has 0 fully saturated rings. The first-order valence-electron chi connectivity index (χ1n) is 21.5. The smallest absolute Gasteiger partial charge is 0.239 e. The molecule has 5 aromatic carbocycles. The van der Waals surface area contributed by atoms with Crippen LogP contribution in [0.1, 0.15) is 55.7 Å². The van der Waals surface area contributed by atoms with Gasteiger partial charge in [0.05, 0.1) is 0 Å². The molecule has 9 rings (SSSR count). The fourth-order valence-electron chi connectivity index (χ4n) is 6.56. The van der Waals surface area contributed by atoms with Gasteiger partial charge in [0.1, 0.15) is 11.5 Å². The molecule has 4 heterocycles. The zero-order valence-corrected chi connectivity index (χ0v) is 30.6. The third-order valence-corrected chi connectivity index (χ3v) is 9.04. The molecule has 2 aliphatic rings. The number of benzene rings is 5. The van der Waals surface area contributed by atoms with E-state index in [1.807, 2.05) is 66.7 Å². The molecule has 2 aliphatic heterocycles. The third kappa shape index (κ3) is 6.61. The van der Waals surface area contributed by atoms with Crippen LogP contribution in [-0.4, -0.2) is 16.7 Å². The predicted octanol–water partition coefficient (Wildman–Crippen LogP) is 9.54. The van der Waals surface area contributed by atoms with Crippen molar-refractivity contribution in [3.63, 3.8) is 0 Å². The van der Waals surface area contributed by atoms with Crippen LogP contribution >= 0.6 is 0 Å². The Bertz CT molecular complexity index is 2760. The molecule has 257 valence electrons. The van der Waals surface area contributed by atoms with Crippen molar-refractivity contribution >= 4 is 23.1 Å². The maximum absolute atomic E-state index is 8.58. The zero-order valence-electron chi connectivity index (χ0n) is 38.2. The number of rotatable bonds is 4. The quantitative estimate of drug-likeness (QED) is 0.131. The number of hydrogen-bond donors (Lipinski definition) is 0. The van der Waals surface area contributed by atoms with Gasteiger partial charge in [0, 0.05) is 57.7 Å². The summed E-state index contributed by atoms with van der Waals surface area (Å²) in [4.78, 5) is 8.76. The van der Waals surface area contributed by atoms with Gasteiger partial charge in [0.25, 0.3) is 0 Å². The molecule has 0 saturated heterocycles. The van der Waals surface area contributed by atoms with Crippen LogP contribution in [0.3, 0.4) is 0 Å². The molecule has 0 atom stereocenters. The van der Waals surface area contributed by atoms with Crippen molar-refractivity contribution in [2.45, 2.75) is 40.3 Å². The molecule has 6 heteroatoms. The first-order chi connectivity index (χ1) is 28.8. The Balaban J connectivity index is 0.000000192. The van der Waals surface area contributed by atoms with Gasteiger partial charge >= 0.3 is 0 Å². The number of hydrogen-bond acceptors (Lipinski definition) is 4. The molecule has 0 saturated carbocycles. The average molecular weight is 863 g/mol. The van der Waals surface area contributed by atoms with Gasteiger partial charge in [-0.2, -0.15) is 0 Å². The molecular formula is C46H37BIrN2O2-2. The average Bonchev–Trinajstić information content (AvgIpc) is 3.22. The summed E-state index contributed by atoms with van der Waals surface area (Å²) < 4.78 is 90.6. The van der Waals surface area contributed by atoms with E-state index in [4.69, 9.17) is 23.2 Å². The van der Waals surface area contributed by atoms with Gasteiger partial charge in [-0.25, -0.2) is 0 Å². The number of nitrogens with zero attached hydrogens (tertiary/aromatic N) is 2. The van der Waals surface area contributed by atoms with E-state index in [0.717, 1.165) is 33.5 Å². The van der Waals surface area contributed by atoms with Crippen molar-refractivity contribution in [2.75, 3.05) is 0 Å². The van der Waals surface area contributed by atoms with Crippen molar-refractivity contribution in [1.82, 2.24) is 9.97 Å². The summed E-state index contributed by atoms with van der Waals surface area (Å²) in [6, 6.07) is 41.1. The van der Waals surface area contributed by atoms with Crippen LogP contribution in [0.5, 0.6) is 23.0 Å². The van der Waals surface area contributed by atoms with Crippen LogP contribution in [0.2, 0.25) is 0 Å². The summed E-state index contributed by atoms with van der Waals surface area (Å²) in [6.07, 6.45) is 2.71. The van der Waals surface area contributed by atoms with Gasteiger partial charge in [-0.15, -0.1) is 47.5 Å². The Morgan fingerprint density at radius 1 is 0.692 bits per heavy atom. The van der Waals surface area contributed by atoms with E-state index < -0.39 is 26.4 Å². The Morgan fingerprint density at radius 2 is 1.38 bits per heavy atom. The van der Waals surface area contributed by atoms with Crippen molar-refractivity contribution in [3.05, 3.63) is 162 Å². The Kier molecular flexibility index (Phi) is 7.04. The van der Waals surface area contributed by atoms with Crippen LogP contribution < -0.4 is 25.9 Å². The maximum atomic E-state index is 8.58. The van der Waals surface area contributed by atoms with Crippen LogP contribution in [0.4, 0.5) is 0 Å². The summed E-state index contributed by atoms with van der Waals surface area (Å²) >= 11 is 0. The van der Waals surface area contributed by atoms with Crippen molar-refractivity contribution in [3.8, 4) is 56.6 Å². The number of ether oxygens (including phenoxy) is 2. The summed E-state index contributed by atoms with van der Waals surface area (Å²) in [5, 5.41) is 0. The topological polar surface area (TPSA) is 44.2 Å². The van der Waals surface area contributed by atoms with Gasteiger partial charge in [-0.05, 0) is 81.9 Å². The van der Waals surface area contributed by atoms with Gasteiger partial charge in [-0.1, -0.05) is 111 Å². The molecule has 52 heavy (non-hydrogen) atoms. The van der Waals surface area contributed by atoms with Crippen LogP contribution in [0.25, 0.3) is 33.6 Å². The predicted molar refractivity (Wildman–Crippen MR) is 208 cm³/mol. The number of para-hydroxylation sites is 2. The fourth-order valence-corrected chi connectivity index (χ4v) is 6.56. The standard InChI is InChI=1S/C27H21BNO2.C19H16N.Ir/c1-16(2)19-14-22(29-15-17(19)3)18-12-13-25-26-27(18)31-24-11-7-5-9-21(24)28(26)20-8-4-6-10-23(20)30-25;1-14-8-10-17(11-9-14)19-12-18(15(2)13-20-19)16-6-4-3-5-7-16;/h4-11,13-16H,1-3H3;3-10,12-13H,1-2H3;/q2*-1;/i3D3,16D;1D3,2D3;. The molecule has 1 radical (unpaired) electrons. The number of pyridine rings is 2. The van der Waals surface area contributed by atoms with Crippen LogP contribution in [-0.2, 0) is 20.1 Å². The molecule has 0 bridgehead atoms. The van der Waals surface area contributed by atoms with Gasteiger partial charge in [-0.3, -0.25) is 0 Å². The minimum atomic E-state index is -2.37. The van der Waals surface area contributed by atoms with Crippen LogP contribution in [0, 0.1) is 32.7 Å². The Morgan fingerprint density at radius 3 is 2.08 bits per heavy atom. The second-order valence-electron chi connectivity index (χ2n) is 12.6. The first-order valence-corrected chi connectivity index (χ1v) is 16.5. The Hall–Kier alpha value is -5.29. The summed E-state index contributed by atoms with van der Waals surface area (Å²) in [7, 11) is 0. The van der Waals surface area contributed by atoms with E-state index in [2.05, 4.69) is 34.2 Å². The van der Waals surface area contributed by atoms with Crippen molar-refractivity contribution in [2.24, 2.45) is 0 Å². The second-order valence-corrected chi connectivity index (χ2v) is 12.6. The summed E-state index contributed by atoms with van der Waals surface area (Å²) in [5.41, 5.74) is 7.44. The van der Waals surface area contributed by atoms with Crippen molar-refractivity contribution in [1.29, 1.82) is 0 Å². The minimum Gasteiger partial charge on any atom is -0.503 e. The third-order valence-electron chi connectivity index (χ3n) is 9.04. The van der Waals surface area contributed by atoms with E-state index in [9.17, 15) is 0 Å². The molecule has 0 amide bonds.